The molecule has 1 aliphatic heterocycles. The van der Waals surface area contributed by atoms with E-state index in [1.54, 1.807) is 4.90 Å². The molecule has 0 aromatic carbocycles. The number of hydrogen-bond donors (Lipinski definition) is 0. The molecule has 86 valence electrons. The van der Waals surface area contributed by atoms with Crippen molar-refractivity contribution in [2.75, 3.05) is 6.54 Å². The number of carbonyl (C=O) groups is 1. The zero-order valence-corrected chi connectivity index (χ0v) is 10.3. The molecule has 0 spiro atoms. The fourth-order valence-corrected chi connectivity index (χ4v) is 1.67. The fraction of sp³-hybridized carbons (Fsp3) is 0.750. The van der Waals surface area contributed by atoms with Crippen LogP contribution in [0, 0.1) is 0 Å². The molecule has 0 bridgehead atoms. The second-order valence-electron chi connectivity index (χ2n) is 5.24. The first kappa shape index (κ1) is 12.1. The van der Waals surface area contributed by atoms with Crippen LogP contribution in [-0.2, 0) is 4.74 Å². The highest BCUT2D eigenvalue weighted by Crippen LogP contribution is 2.19. The molecular formula is C12H21NO2. The van der Waals surface area contributed by atoms with Crippen LogP contribution in [0.2, 0.25) is 0 Å². The van der Waals surface area contributed by atoms with Crippen LogP contribution < -0.4 is 0 Å². The molecule has 1 amide bonds. The summed E-state index contributed by atoms with van der Waals surface area (Å²) in [6.45, 7) is 10.5. The third kappa shape index (κ3) is 3.57. The standard InChI is InChI=1S/C12H21NO2/c1-9-6-7-13(10(2)8-9)11(14)15-12(3,4)5/h6,10H,7-8H2,1-5H3/t10-/m0/s1. The Morgan fingerprint density at radius 2 is 2.13 bits per heavy atom. The molecule has 0 radical (unpaired) electrons. The van der Waals surface area contributed by atoms with Crippen molar-refractivity contribution in [2.45, 2.75) is 52.7 Å². The monoisotopic (exact) mass is 211 g/mol. The predicted octanol–water partition coefficient (Wildman–Crippen LogP) is 2.96. The lowest BCUT2D eigenvalue weighted by Gasteiger charge is -2.33. The van der Waals surface area contributed by atoms with Crippen LogP contribution in [0.5, 0.6) is 0 Å². The first-order chi connectivity index (χ1) is 6.79. The molecule has 0 fully saturated rings. The first-order valence-corrected chi connectivity index (χ1v) is 5.45. The molecule has 3 heteroatoms. The Kier molecular flexibility index (Phi) is 3.42. The first-order valence-electron chi connectivity index (χ1n) is 5.45. The van der Waals surface area contributed by atoms with E-state index in [1.165, 1.54) is 5.57 Å². The van der Waals surface area contributed by atoms with Crippen LogP contribution in [0.25, 0.3) is 0 Å². The lowest BCUT2D eigenvalue weighted by Crippen LogP contribution is -2.44. The van der Waals surface area contributed by atoms with Crippen molar-refractivity contribution in [1.29, 1.82) is 0 Å². The van der Waals surface area contributed by atoms with Gasteiger partial charge in [-0.3, -0.25) is 0 Å². The highest BCUT2D eigenvalue weighted by molar-refractivity contribution is 5.69. The molecule has 3 nitrogen and oxygen atoms in total. The maximum atomic E-state index is 11.8. The minimum Gasteiger partial charge on any atom is -0.444 e. The van der Waals surface area contributed by atoms with Crippen LogP contribution >= 0.6 is 0 Å². The minimum absolute atomic E-state index is 0.209. The largest absolute Gasteiger partial charge is 0.444 e. The topological polar surface area (TPSA) is 29.5 Å². The van der Waals surface area contributed by atoms with Gasteiger partial charge in [-0.1, -0.05) is 11.6 Å². The molecule has 1 rings (SSSR count). The molecule has 1 atom stereocenters. The number of hydrogen-bond acceptors (Lipinski definition) is 2. The molecular weight excluding hydrogens is 190 g/mol. The van der Waals surface area contributed by atoms with Crippen molar-refractivity contribution >= 4 is 6.09 Å². The van der Waals surface area contributed by atoms with Crippen LogP contribution in [0.3, 0.4) is 0 Å². The zero-order valence-electron chi connectivity index (χ0n) is 10.3. The Labute approximate surface area is 92.1 Å². The molecule has 0 aromatic rings. The second-order valence-corrected chi connectivity index (χ2v) is 5.24. The van der Waals surface area contributed by atoms with E-state index < -0.39 is 5.60 Å². The summed E-state index contributed by atoms with van der Waals surface area (Å²) in [4.78, 5) is 13.6. The Morgan fingerprint density at radius 1 is 1.53 bits per heavy atom. The highest BCUT2D eigenvalue weighted by Gasteiger charge is 2.27. The van der Waals surface area contributed by atoms with Gasteiger partial charge in [-0.05, 0) is 41.0 Å². The number of carbonyl (C=O) groups excluding carboxylic acids is 1. The van der Waals surface area contributed by atoms with Crippen molar-refractivity contribution in [3.8, 4) is 0 Å². The number of amides is 1. The molecule has 0 unspecified atom stereocenters. The van der Waals surface area contributed by atoms with Crippen LogP contribution in [0.15, 0.2) is 11.6 Å². The van der Waals surface area contributed by atoms with E-state index >= 15 is 0 Å². The van der Waals surface area contributed by atoms with Crippen molar-refractivity contribution in [1.82, 2.24) is 4.90 Å². The summed E-state index contributed by atoms with van der Waals surface area (Å²) in [5.41, 5.74) is 0.940. The SMILES string of the molecule is CC1=CCN(C(=O)OC(C)(C)C)[C@@H](C)C1. The van der Waals surface area contributed by atoms with E-state index in [2.05, 4.69) is 19.9 Å². The average Bonchev–Trinajstić information content (AvgIpc) is 1.99. The summed E-state index contributed by atoms with van der Waals surface area (Å²) in [7, 11) is 0. The molecule has 1 heterocycles. The number of nitrogens with zero attached hydrogens (tertiary/aromatic N) is 1. The zero-order chi connectivity index (χ0) is 11.6. The average molecular weight is 211 g/mol. The summed E-state index contributed by atoms with van der Waals surface area (Å²) in [6, 6.07) is 0.241. The van der Waals surface area contributed by atoms with Crippen molar-refractivity contribution in [2.24, 2.45) is 0 Å². The van der Waals surface area contributed by atoms with Gasteiger partial charge < -0.3 is 9.64 Å². The quantitative estimate of drug-likeness (QED) is 0.576. The fourth-order valence-electron chi connectivity index (χ4n) is 1.67. The van der Waals surface area contributed by atoms with Crippen LogP contribution in [0.1, 0.15) is 41.0 Å². The van der Waals surface area contributed by atoms with Gasteiger partial charge in [0.25, 0.3) is 0 Å². The Bertz CT molecular complexity index is 276. The number of rotatable bonds is 0. The van der Waals surface area contributed by atoms with Gasteiger partial charge in [0.05, 0.1) is 0 Å². The predicted molar refractivity (Wildman–Crippen MR) is 60.8 cm³/mol. The van der Waals surface area contributed by atoms with Gasteiger partial charge in [0, 0.05) is 12.6 Å². The van der Waals surface area contributed by atoms with Gasteiger partial charge in [-0.25, -0.2) is 4.79 Å². The Hall–Kier alpha value is -0.990. The normalized spacial score (nSPS) is 22.3. The van der Waals surface area contributed by atoms with E-state index in [-0.39, 0.29) is 12.1 Å². The number of ether oxygens (including phenoxy) is 1. The van der Waals surface area contributed by atoms with Gasteiger partial charge in [0.1, 0.15) is 5.60 Å². The smallest absolute Gasteiger partial charge is 0.410 e. The Balaban J connectivity index is 2.61. The van der Waals surface area contributed by atoms with Crippen LogP contribution in [-0.4, -0.2) is 29.2 Å². The minimum atomic E-state index is -0.410. The van der Waals surface area contributed by atoms with E-state index in [0.29, 0.717) is 6.54 Å². The van der Waals surface area contributed by atoms with E-state index in [0.717, 1.165) is 6.42 Å². The summed E-state index contributed by atoms with van der Waals surface area (Å²) >= 11 is 0. The van der Waals surface area contributed by atoms with E-state index in [9.17, 15) is 4.79 Å². The van der Waals surface area contributed by atoms with Gasteiger partial charge in [0.15, 0.2) is 0 Å². The highest BCUT2D eigenvalue weighted by atomic mass is 16.6. The van der Waals surface area contributed by atoms with Gasteiger partial charge in [-0.2, -0.15) is 0 Å². The summed E-state index contributed by atoms with van der Waals surface area (Å²) in [5, 5.41) is 0. The molecule has 0 aromatic heterocycles. The maximum absolute atomic E-state index is 11.8. The summed E-state index contributed by atoms with van der Waals surface area (Å²) < 4.78 is 5.34. The third-order valence-electron chi connectivity index (χ3n) is 2.41. The van der Waals surface area contributed by atoms with Crippen molar-refractivity contribution < 1.29 is 9.53 Å². The van der Waals surface area contributed by atoms with Gasteiger partial charge in [0.2, 0.25) is 0 Å². The molecule has 1 aliphatic rings. The van der Waals surface area contributed by atoms with E-state index in [4.69, 9.17) is 4.74 Å². The van der Waals surface area contributed by atoms with Gasteiger partial charge >= 0.3 is 6.09 Å². The van der Waals surface area contributed by atoms with Crippen LogP contribution in [0.4, 0.5) is 4.79 Å². The molecule has 0 saturated heterocycles. The van der Waals surface area contributed by atoms with Gasteiger partial charge in [-0.15, -0.1) is 0 Å². The second kappa shape index (κ2) is 4.25. The summed E-state index contributed by atoms with van der Waals surface area (Å²) in [5.74, 6) is 0. The lowest BCUT2D eigenvalue weighted by molar-refractivity contribution is 0.0191. The molecule has 0 saturated carbocycles. The summed E-state index contributed by atoms with van der Waals surface area (Å²) in [6.07, 6.45) is 2.82. The van der Waals surface area contributed by atoms with Crippen molar-refractivity contribution in [3.05, 3.63) is 11.6 Å². The van der Waals surface area contributed by atoms with E-state index in [1.807, 2.05) is 20.8 Å². The lowest BCUT2D eigenvalue weighted by atomic mass is 10.0. The molecule has 0 N–H and O–H groups in total. The molecule has 0 aliphatic carbocycles. The van der Waals surface area contributed by atoms with Crippen molar-refractivity contribution in [3.63, 3.8) is 0 Å². The Morgan fingerprint density at radius 3 is 2.60 bits per heavy atom. The maximum Gasteiger partial charge on any atom is 0.410 e. The molecule has 15 heavy (non-hydrogen) atoms. The third-order valence-corrected chi connectivity index (χ3v) is 2.41.